The number of likely N-dealkylation sites (tertiary alicyclic amines) is 1. The maximum absolute atomic E-state index is 13.4. The fraction of sp³-hybridized carbons (Fsp3) is 0.381. The summed E-state index contributed by atoms with van der Waals surface area (Å²) in [6, 6.07) is 19.9. The molecule has 1 unspecified atom stereocenters. The molecule has 1 N–H and O–H groups in total. The number of hydrogen-bond acceptors (Lipinski definition) is 2. The number of amides is 1. The van der Waals surface area contributed by atoms with Crippen LogP contribution in [0.25, 0.3) is 0 Å². The minimum atomic E-state index is -0.635. The van der Waals surface area contributed by atoms with Crippen molar-refractivity contribution in [2.75, 3.05) is 6.54 Å². The van der Waals surface area contributed by atoms with Gasteiger partial charge in [-0.1, -0.05) is 60.7 Å². The van der Waals surface area contributed by atoms with Gasteiger partial charge < -0.3 is 10.0 Å². The Labute approximate surface area is 142 Å². The molecule has 3 heteroatoms. The highest BCUT2D eigenvalue weighted by Gasteiger charge is 2.53. The Hall–Kier alpha value is -2.13. The first kappa shape index (κ1) is 15.4. The molecule has 1 saturated carbocycles. The first-order valence-corrected chi connectivity index (χ1v) is 8.82. The van der Waals surface area contributed by atoms with Crippen molar-refractivity contribution in [3.8, 4) is 0 Å². The summed E-state index contributed by atoms with van der Waals surface area (Å²) in [5.74, 6) is -0.175. The van der Waals surface area contributed by atoms with Crippen LogP contribution in [0.1, 0.15) is 42.7 Å². The van der Waals surface area contributed by atoms with E-state index in [0.29, 0.717) is 0 Å². The van der Waals surface area contributed by atoms with Crippen LogP contribution in [0.4, 0.5) is 0 Å². The van der Waals surface area contributed by atoms with Gasteiger partial charge in [0.25, 0.3) is 0 Å². The van der Waals surface area contributed by atoms with Gasteiger partial charge in [0.2, 0.25) is 5.91 Å². The molecule has 2 aromatic rings. The predicted molar refractivity (Wildman–Crippen MR) is 93.6 cm³/mol. The summed E-state index contributed by atoms with van der Waals surface area (Å²) in [6.07, 6.45) is 3.54. The number of nitrogens with zero attached hydrogens (tertiary/aromatic N) is 1. The molecule has 0 aromatic heterocycles. The van der Waals surface area contributed by atoms with E-state index < -0.39 is 5.60 Å². The van der Waals surface area contributed by atoms with Gasteiger partial charge in [0.15, 0.2) is 0 Å². The van der Waals surface area contributed by atoms with Crippen LogP contribution in [-0.2, 0) is 4.79 Å². The Morgan fingerprint density at radius 1 is 1.00 bits per heavy atom. The second-order valence-corrected chi connectivity index (χ2v) is 7.05. The number of hydrogen-bond donors (Lipinski definition) is 1. The van der Waals surface area contributed by atoms with Gasteiger partial charge in [-0.3, -0.25) is 4.79 Å². The largest absolute Gasteiger partial charge is 0.388 e. The topological polar surface area (TPSA) is 40.5 Å². The molecule has 1 aliphatic carbocycles. The Balaban J connectivity index is 1.70. The average Bonchev–Trinajstić information content (AvgIpc) is 3.17. The van der Waals surface area contributed by atoms with Gasteiger partial charge in [-0.15, -0.1) is 0 Å². The fourth-order valence-electron chi connectivity index (χ4n) is 3.98. The number of rotatable bonds is 4. The van der Waals surface area contributed by atoms with Crippen molar-refractivity contribution in [2.45, 2.75) is 43.2 Å². The van der Waals surface area contributed by atoms with Gasteiger partial charge in [0.05, 0.1) is 17.6 Å². The lowest BCUT2D eigenvalue weighted by Crippen LogP contribution is -2.46. The van der Waals surface area contributed by atoms with E-state index in [1.54, 1.807) is 0 Å². The highest BCUT2D eigenvalue weighted by Crippen LogP contribution is 2.45. The molecule has 24 heavy (non-hydrogen) atoms. The smallest absolute Gasteiger partial charge is 0.234 e. The van der Waals surface area contributed by atoms with Crippen LogP contribution >= 0.6 is 0 Å². The Kier molecular flexibility index (Phi) is 3.89. The molecule has 0 bridgehead atoms. The highest BCUT2D eigenvalue weighted by atomic mass is 16.3. The Bertz CT molecular complexity index is 670. The van der Waals surface area contributed by atoms with E-state index in [4.69, 9.17) is 0 Å². The SMILES string of the molecule is O=C(C(c1ccccc1)c1ccccc1)N1CCCC1C1(O)CC1. The third-order valence-electron chi connectivity index (χ3n) is 5.43. The maximum Gasteiger partial charge on any atom is 0.234 e. The van der Waals surface area contributed by atoms with Crippen molar-refractivity contribution < 1.29 is 9.90 Å². The van der Waals surface area contributed by atoms with Crippen LogP contribution < -0.4 is 0 Å². The zero-order valence-electron chi connectivity index (χ0n) is 13.8. The summed E-state index contributed by atoms with van der Waals surface area (Å²) >= 11 is 0. The predicted octanol–water partition coefficient (Wildman–Crippen LogP) is 3.33. The first-order chi connectivity index (χ1) is 11.7. The molecule has 4 rings (SSSR count). The molecule has 2 aliphatic rings. The monoisotopic (exact) mass is 321 g/mol. The van der Waals surface area contributed by atoms with E-state index in [2.05, 4.69) is 0 Å². The molecular weight excluding hydrogens is 298 g/mol. The second-order valence-electron chi connectivity index (χ2n) is 7.05. The van der Waals surface area contributed by atoms with Crippen molar-refractivity contribution in [1.82, 2.24) is 4.90 Å². The molecule has 1 aliphatic heterocycles. The summed E-state index contributed by atoms with van der Waals surface area (Å²) < 4.78 is 0. The normalized spacial score (nSPS) is 21.9. The molecule has 3 nitrogen and oxygen atoms in total. The van der Waals surface area contributed by atoms with Crippen LogP contribution in [0.3, 0.4) is 0 Å². The third-order valence-corrected chi connectivity index (χ3v) is 5.43. The Morgan fingerprint density at radius 3 is 2.04 bits per heavy atom. The van der Waals surface area contributed by atoms with Crippen molar-refractivity contribution in [1.29, 1.82) is 0 Å². The van der Waals surface area contributed by atoms with Crippen LogP contribution in [0.5, 0.6) is 0 Å². The van der Waals surface area contributed by atoms with E-state index in [1.165, 1.54) is 0 Å². The second kappa shape index (κ2) is 6.06. The lowest BCUT2D eigenvalue weighted by atomic mass is 9.89. The lowest BCUT2D eigenvalue weighted by Gasteiger charge is -2.32. The van der Waals surface area contributed by atoms with Crippen molar-refractivity contribution in [2.24, 2.45) is 0 Å². The van der Waals surface area contributed by atoms with Crippen LogP contribution in [0, 0.1) is 0 Å². The molecule has 1 amide bonds. The van der Waals surface area contributed by atoms with Crippen molar-refractivity contribution >= 4 is 5.91 Å². The van der Waals surface area contributed by atoms with E-state index in [1.807, 2.05) is 65.6 Å². The van der Waals surface area contributed by atoms with Gasteiger partial charge in [-0.05, 0) is 36.8 Å². The number of aliphatic hydroxyl groups is 1. The minimum absolute atomic E-state index is 0.0140. The average molecular weight is 321 g/mol. The standard InChI is InChI=1S/C21H23NO2/c23-20(22-15-7-12-18(22)21(24)13-14-21)19(16-8-3-1-4-9-16)17-10-5-2-6-11-17/h1-6,8-11,18-19,24H,7,12-15H2. The van der Waals surface area contributed by atoms with E-state index in [-0.39, 0.29) is 17.9 Å². The van der Waals surface area contributed by atoms with Crippen molar-refractivity contribution in [3.63, 3.8) is 0 Å². The van der Waals surface area contributed by atoms with Gasteiger partial charge in [-0.2, -0.15) is 0 Å². The van der Waals surface area contributed by atoms with Gasteiger partial charge in [0.1, 0.15) is 0 Å². The summed E-state index contributed by atoms with van der Waals surface area (Å²) in [7, 11) is 0. The van der Waals surface area contributed by atoms with Gasteiger partial charge >= 0.3 is 0 Å². The van der Waals surface area contributed by atoms with Gasteiger partial charge in [0, 0.05) is 6.54 Å². The van der Waals surface area contributed by atoms with Gasteiger partial charge in [-0.25, -0.2) is 0 Å². The van der Waals surface area contributed by atoms with Crippen LogP contribution in [0.15, 0.2) is 60.7 Å². The molecule has 0 radical (unpaired) electrons. The summed E-state index contributed by atoms with van der Waals surface area (Å²) in [6.45, 7) is 0.752. The van der Waals surface area contributed by atoms with E-state index >= 15 is 0 Å². The number of carbonyl (C=O) groups excluding carboxylic acids is 1. The molecule has 2 fully saturated rings. The number of carbonyl (C=O) groups is 1. The van der Waals surface area contributed by atoms with Crippen LogP contribution in [0.2, 0.25) is 0 Å². The minimum Gasteiger partial charge on any atom is -0.388 e. The fourth-order valence-corrected chi connectivity index (χ4v) is 3.98. The molecule has 1 heterocycles. The molecular formula is C21H23NO2. The summed E-state index contributed by atoms with van der Waals surface area (Å²) in [5.41, 5.74) is 1.40. The lowest BCUT2D eigenvalue weighted by molar-refractivity contribution is -0.135. The Morgan fingerprint density at radius 2 is 1.54 bits per heavy atom. The highest BCUT2D eigenvalue weighted by molar-refractivity contribution is 5.87. The molecule has 0 spiro atoms. The summed E-state index contributed by atoms with van der Waals surface area (Å²) in [5, 5.41) is 10.6. The van der Waals surface area contributed by atoms with Crippen LogP contribution in [-0.4, -0.2) is 34.1 Å². The zero-order valence-corrected chi connectivity index (χ0v) is 13.8. The van der Waals surface area contributed by atoms with E-state index in [0.717, 1.165) is 43.4 Å². The number of benzene rings is 2. The van der Waals surface area contributed by atoms with Crippen molar-refractivity contribution in [3.05, 3.63) is 71.8 Å². The quantitative estimate of drug-likeness (QED) is 0.938. The maximum atomic E-state index is 13.4. The molecule has 1 atom stereocenters. The third kappa shape index (κ3) is 2.73. The summed E-state index contributed by atoms with van der Waals surface area (Å²) in [4.78, 5) is 15.4. The zero-order chi connectivity index (χ0) is 16.6. The molecule has 2 aromatic carbocycles. The molecule has 124 valence electrons. The molecule has 1 saturated heterocycles. The first-order valence-electron chi connectivity index (χ1n) is 8.82. The van der Waals surface area contributed by atoms with E-state index in [9.17, 15) is 9.90 Å².